The van der Waals surface area contributed by atoms with Gasteiger partial charge in [-0.1, -0.05) is 29.8 Å². The van der Waals surface area contributed by atoms with E-state index in [2.05, 4.69) is 36.6 Å². The van der Waals surface area contributed by atoms with Crippen LogP contribution in [0.15, 0.2) is 47.8 Å². The number of rotatable bonds is 2. The van der Waals surface area contributed by atoms with Gasteiger partial charge in [0.25, 0.3) is 0 Å². The number of aryl methyl sites for hydroxylation is 1. The van der Waals surface area contributed by atoms with Crippen LogP contribution < -0.4 is 0 Å². The van der Waals surface area contributed by atoms with Crippen LogP contribution in [0.4, 0.5) is 0 Å². The third-order valence-corrected chi connectivity index (χ3v) is 4.15. The lowest BCUT2D eigenvalue weighted by atomic mass is 10.0. The Hall–Kier alpha value is -2.13. The van der Waals surface area contributed by atoms with Crippen LogP contribution in [-0.4, -0.2) is 11.1 Å². The molecule has 94 valence electrons. The predicted molar refractivity (Wildman–Crippen MR) is 79.0 cm³/mol. The molecule has 2 aromatic carbocycles. The third-order valence-electron chi connectivity index (χ3n) is 3.18. The topological polar surface area (TPSA) is 37.3 Å². The van der Waals surface area contributed by atoms with Crippen LogP contribution in [0.5, 0.6) is 0 Å². The molecule has 3 rings (SSSR count). The van der Waals surface area contributed by atoms with Crippen LogP contribution in [0.25, 0.3) is 21.2 Å². The van der Waals surface area contributed by atoms with Gasteiger partial charge in [-0.05, 0) is 36.1 Å². The summed E-state index contributed by atoms with van der Waals surface area (Å²) in [5.41, 5.74) is 3.77. The normalized spacial score (nSPS) is 10.8. The zero-order chi connectivity index (χ0) is 13.4. The molecular formula is C16H12O2S. The number of thiophene rings is 1. The first-order valence-corrected chi connectivity index (χ1v) is 6.85. The molecule has 0 saturated heterocycles. The molecule has 0 atom stereocenters. The van der Waals surface area contributed by atoms with Gasteiger partial charge in [-0.2, -0.15) is 0 Å². The maximum Gasteiger partial charge on any atom is 0.335 e. The number of fused-ring (bicyclic) bond motifs is 1. The molecule has 0 spiro atoms. The van der Waals surface area contributed by atoms with Gasteiger partial charge in [-0.25, -0.2) is 4.79 Å². The van der Waals surface area contributed by atoms with Crippen molar-refractivity contribution in [2.45, 2.75) is 6.92 Å². The fourth-order valence-electron chi connectivity index (χ4n) is 2.12. The fraction of sp³-hybridized carbons (Fsp3) is 0.0625. The number of hydrogen-bond acceptors (Lipinski definition) is 2. The molecule has 0 aliphatic carbocycles. The minimum Gasteiger partial charge on any atom is -0.478 e. The largest absolute Gasteiger partial charge is 0.478 e. The lowest BCUT2D eigenvalue weighted by molar-refractivity contribution is 0.0697. The highest BCUT2D eigenvalue weighted by atomic mass is 32.1. The van der Waals surface area contributed by atoms with Gasteiger partial charge < -0.3 is 5.11 Å². The average molecular weight is 268 g/mol. The molecule has 0 radical (unpaired) electrons. The van der Waals surface area contributed by atoms with Gasteiger partial charge in [-0.15, -0.1) is 11.3 Å². The predicted octanol–water partition coefficient (Wildman–Crippen LogP) is 4.57. The van der Waals surface area contributed by atoms with Crippen LogP contribution in [0.2, 0.25) is 0 Å². The summed E-state index contributed by atoms with van der Waals surface area (Å²) in [5, 5.41) is 12.2. The Kier molecular flexibility index (Phi) is 2.84. The minimum atomic E-state index is -0.886. The third kappa shape index (κ3) is 2.13. The van der Waals surface area contributed by atoms with Crippen molar-refractivity contribution in [1.29, 1.82) is 0 Å². The van der Waals surface area contributed by atoms with Gasteiger partial charge in [0.2, 0.25) is 0 Å². The summed E-state index contributed by atoms with van der Waals surface area (Å²) in [6.07, 6.45) is 0. The summed E-state index contributed by atoms with van der Waals surface area (Å²) in [6.45, 7) is 2.05. The molecule has 1 heterocycles. The second-order valence-electron chi connectivity index (χ2n) is 4.53. The van der Waals surface area contributed by atoms with Crippen molar-refractivity contribution in [2.75, 3.05) is 0 Å². The van der Waals surface area contributed by atoms with Crippen molar-refractivity contribution in [2.24, 2.45) is 0 Å². The maximum absolute atomic E-state index is 11.1. The molecule has 0 amide bonds. The van der Waals surface area contributed by atoms with Crippen molar-refractivity contribution >= 4 is 27.4 Å². The molecule has 1 N–H and O–H groups in total. The Labute approximate surface area is 114 Å². The highest BCUT2D eigenvalue weighted by Gasteiger charge is 2.09. The van der Waals surface area contributed by atoms with E-state index in [1.54, 1.807) is 23.5 Å². The van der Waals surface area contributed by atoms with Crippen molar-refractivity contribution in [1.82, 2.24) is 0 Å². The van der Waals surface area contributed by atoms with Gasteiger partial charge in [0.15, 0.2) is 0 Å². The molecule has 3 aromatic rings. The monoisotopic (exact) mass is 268 g/mol. The lowest BCUT2D eigenvalue weighted by Crippen LogP contribution is -1.94. The number of hydrogen-bond donors (Lipinski definition) is 1. The van der Waals surface area contributed by atoms with Crippen LogP contribution in [0.3, 0.4) is 0 Å². The Morgan fingerprint density at radius 2 is 1.84 bits per heavy atom. The van der Waals surface area contributed by atoms with E-state index in [1.807, 2.05) is 6.07 Å². The van der Waals surface area contributed by atoms with Crippen molar-refractivity contribution in [3.8, 4) is 11.1 Å². The summed E-state index contributed by atoms with van der Waals surface area (Å²) in [5.74, 6) is -0.886. The first-order valence-electron chi connectivity index (χ1n) is 5.97. The molecule has 2 nitrogen and oxygen atoms in total. The molecular weight excluding hydrogens is 256 g/mol. The van der Waals surface area contributed by atoms with Gasteiger partial charge in [-0.3, -0.25) is 0 Å². The number of carbonyl (C=O) groups is 1. The lowest BCUT2D eigenvalue weighted by Gasteiger charge is -2.02. The molecule has 0 fully saturated rings. The maximum atomic E-state index is 11.1. The highest BCUT2D eigenvalue weighted by Crippen LogP contribution is 2.34. The molecule has 0 saturated carbocycles. The Morgan fingerprint density at radius 1 is 1.11 bits per heavy atom. The van der Waals surface area contributed by atoms with E-state index in [0.717, 1.165) is 21.2 Å². The number of carboxylic acids is 1. The molecule has 0 bridgehead atoms. The van der Waals surface area contributed by atoms with Crippen molar-refractivity contribution < 1.29 is 9.90 Å². The summed E-state index contributed by atoms with van der Waals surface area (Å²) in [6, 6.07) is 13.6. The molecule has 3 heteroatoms. The van der Waals surface area contributed by atoms with Crippen LogP contribution in [-0.2, 0) is 0 Å². The summed E-state index contributed by atoms with van der Waals surface area (Å²) in [7, 11) is 0. The SMILES string of the molecule is Cc1ccc(-c2csc3ccc(C(=O)O)cc23)cc1. The van der Waals surface area contributed by atoms with E-state index < -0.39 is 5.97 Å². The standard InChI is InChI=1S/C16H12O2S/c1-10-2-4-11(5-3-10)14-9-19-15-7-6-12(16(17)18)8-13(14)15/h2-9H,1H3,(H,17,18). The first-order chi connectivity index (χ1) is 9.15. The summed E-state index contributed by atoms with van der Waals surface area (Å²) in [4.78, 5) is 11.1. The van der Waals surface area contributed by atoms with Gasteiger partial charge in [0.1, 0.15) is 0 Å². The van der Waals surface area contributed by atoms with Gasteiger partial charge in [0.05, 0.1) is 5.56 Å². The molecule has 1 aromatic heterocycles. The Balaban J connectivity index is 2.21. The van der Waals surface area contributed by atoms with E-state index in [0.29, 0.717) is 5.56 Å². The second-order valence-corrected chi connectivity index (χ2v) is 5.44. The van der Waals surface area contributed by atoms with Crippen LogP contribution in [0, 0.1) is 6.92 Å². The first kappa shape index (κ1) is 11.9. The summed E-state index contributed by atoms with van der Waals surface area (Å²) < 4.78 is 1.11. The van der Waals surface area contributed by atoms with E-state index in [4.69, 9.17) is 5.11 Å². The molecule has 0 aliphatic rings. The second kappa shape index (κ2) is 4.52. The molecule has 19 heavy (non-hydrogen) atoms. The number of benzene rings is 2. The zero-order valence-electron chi connectivity index (χ0n) is 10.4. The van der Waals surface area contributed by atoms with E-state index in [1.165, 1.54) is 5.56 Å². The fourth-order valence-corrected chi connectivity index (χ4v) is 3.07. The van der Waals surface area contributed by atoms with E-state index >= 15 is 0 Å². The quantitative estimate of drug-likeness (QED) is 0.739. The Bertz CT molecular complexity index is 754. The van der Waals surface area contributed by atoms with Gasteiger partial charge >= 0.3 is 5.97 Å². The Morgan fingerprint density at radius 3 is 2.53 bits per heavy atom. The van der Waals surface area contributed by atoms with Crippen molar-refractivity contribution in [3.05, 3.63) is 59.0 Å². The average Bonchev–Trinajstić information content (AvgIpc) is 2.82. The van der Waals surface area contributed by atoms with Crippen LogP contribution >= 0.6 is 11.3 Å². The van der Waals surface area contributed by atoms with Crippen LogP contribution in [0.1, 0.15) is 15.9 Å². The molecule has 0 unspecified atom stereocenters. The minimum absolute atomic E-state index is 0.333. The number of carboxylic acid groups (broad SMARTS) is 1. The van der Waals surface area contributed by atoms with E-state index in [9.17, 15) is 4.79 Å². The highest BCUT2D eigenvalue weighted by molar-refractivity contribution is 7.17. The smallest absolute Gasteiger partial charge is 0.335 e. The zero-order valence-corrected chi connectivity index (χ0v) is 11.2. The molecule has 0 aliphatic heterocycles. The summed E-state index contributed by atoms with van der Waals surface area (Å²) >= 11 is 1.64. The van der Waals surface area contributed by atoms with Crippen molar-refractivity contribution in [3.63, 3.8) is 0 Å². The van der Waals surface area contributed by atoms with Gasteiger partial charge in [0, 0.05) is 15.6 Å². The number of aromatic carboxylic acids is 1. The van der Waals surface area contributed by atoms with E-state index in [-0.39, 0.29) is 0 Å².